The molecule has 4 nitrogen and oxygen atoms in total. The van der Waals surface area contributed by atoms with Crippen LogP contribution in [0.15, 0.2) is 170 Å². The van der Waals surface area contributed by atoms with E-state index in [2.05, 4.69) is 79.9 Å². The quantitative estimate of drug-likeness (QED) is 0.131. The van der Waals surface area contributed by atoms with Crippen LogP contribution in [0.3, 0.4) is 0 Å². The fourth-order valence-corrected chi connectivity index (χ4v) is 10.4. The molecule has 69 heavy (non-hydrogen) atoms. The Morgan fingerprint density at radius 1 is 0.580 bits per heavy atom. The summed E-state index contributed by atoms with van der Waals surface area (Å²) in [6.45, 7) is 6.64. The van der Waals surface area contributed by atoms with Gasteiger partial charge in [-0.3, -0.25) is 9.55 Å². The summed E-state index contributed by atoms with van der Waals surface area (Å²) >= 11 is 0. The van der Waals surface area contributed by atoms with Crippen molar-refractivity contribution in [2.24, 2.45) is 11.8 Å². The number of fused-ring (bicyclic) bond motifs is 1. The number of aromatic hydroxyl groups is 1. The molecule has 2 fully saturated rings. The number of hydrogen-bond acceptors (Lipinski definition) is 3. The van der Waals surface area contributed by atoms with Gasteiger partial charge in [-0.25, -0.2) is 4.98 Å². The summed E-state index contributed by atoms with van der Waals surface area (Å²) < 4.78 is 39.0. The van der Waals surface area contributed by atoms with Gasteiger partial charge >= 0.3 is 0 Å². The van der Waals surface area contributed by atoms with E-state index < -0.39 is 12.7 Å². The molecule has 0 amide bonds. The van der Waals surface area contributed by atoms with Gasteiger partial charge in [0, 0.05) is 49.6 Å². The number of phenolic OH excluding ortho intramolecular Hbond substituents is 1. The Labute approximate surface area is 428 Å². The van der Waals surface area contributed by atoms with Gasteiger partial charge in [0.25, 0.3) is 0 Å². The van der Waals surface area contributed by atoms with Gasteiger partial charge in [-0.05, 0) is 93.7 Å². The van der Waals surface area contributed by atoms with Gasteiger partial charge < -0.3 is 5.11 Å². The summed E-state index contributed by atoms with van der Waals surface area (Å²) in [5.74, 6) is 0.680. The smallest absolute Gasteiger partial charge is 0.148 e. The van der Waals surface area contributed by atoms with Gasteiger partial charge in [0.05, 0.1) is 22.3 Å². The zero-order valence-corrected chi connectivity index (χ0v) is 41.9. The second-order valence-corrected chi connectivity index (χ2v) is 19.8. The van der Waals surface area contributed by atoms with Crippen molar-refractivity contribution < 1.29 is 31.7 Å². The Balaban J connectivity index is 0.00000611. The van der Waals surface area contributed by atoms with Crippen molar-refractivity contribution in [3.05, 3.63) is 193 Å². The van der Waals surface area contributed by atoms with Crippen LogP contribution in [0.25, 0.3) is 83.9 Å². The molecule has 0 unspecified atom stereocenters. The average Bonchev–Trinajstić information content (AvgIpc) is 4.23. The summed E-state index contributed by atoms with van der Waals surface area (Å²) in [6, 6.07) is 58.5. The van der Waals surface area contributed by atoms with Gasteiger partial charge in [-0.1, -0.05) is 205 Å². The van der Waals surface area contributed by atoms with Crippen LogP contribution in [0.4, 0.5) is 0 Å². The van der Waals surface area contributed by atoms with E-state index in [-0.39, 0.29) is 44.1 Å². The summed E-state index contributed by atoms with van der Waals surface area (Å²) in [7, 11) is 0. The number of pyridine rings is 1. The number of nitrogens with zero attached hydrogens (tertiary/aromatic N) is 3. The topological polar surface area (TPSA) is 50.9 Å². The second-order valence-electron chi connectivity index (χ2n) is 19.8. The van der Waals surface area contributed by atoms with Crippen LogP contribution in [0.5, 0.6) is 5.75 Å². The third kappa shape index (κ3) is 9.66. The van der Waals surface area contributed by atoms with Crippen LogP contribution in [0, 0.1) is 17.9 Å². The molecule has 11 rings (SSSR count). The summed E-state index contributed by atoms with van der Waals surface area (Å²) in [4.78, 5) is 10.5. The molecule has 0 radical (unpaired) electrons. The first-order chi connectivity index (χ1) is 34.8. The molecular weight excluding hydrogens is 1020 g/mol. The Bertz CT molecular complexity index is 3430. The molecule has 0 atom stereocenters. The molecule has 2 saturated carbocycles. The second kappa shape index (κ2) is 19.9. The van der Waals surface area contributed by atoms with Crippen molar-refractivity contribution in [2.75, 3.05) is 0 Å². The maximum absolute atomic E-state index is 12.4. The minimum Gasteiger partial charge on any atom is -0.507 e. The van der Waals surface area contributed by atoms with Crippen molar-refractivity contribution in [3.8, 4) is 78.6 Å². The molecule has 0 saturated heterocycles. The molecule has 348 valence electrons. The molecule has 0 spiro atoms. The average molecular weight is 1090 g/mol. The Kier molecular flexibility index (Phi) is 12.0. The number of hydrogen-bond donors (Lipinski definition) is 1. The maximum Gasteiger partial charge on any atom is 0.148 e. The molecule has 2 aliphatic carbocycles. The predicted molar refractivity (Wildman–Crippen MR) is 282 cm³/mol. The van der Waals surface area contributed by atoms with E-state index in [0.29, 0.717) is 22.5 Å². The van der Waals surface area contributed by atoms with Gasteiger partial charge in [-0.15, -0.1) is 29.3 Å². The molecule has 5 heteroatoms. The number of aromatic nitrogens is 3. The number of benzene rings is 7. The first-order valence-electron chi connectivity index (χ1n) is 26.5. The van der Waals surface area contributed by atoms with Gasteiger partial charge in [0.15, 0.2) is 0 Å². The van der Waals surface area contributed by atoms with Gasteiger partial charge in [-0.2, -0.15) is 0 Å². The van der Waals surface area contributed by atoms with E-state index >= 15 is 0 Å². The van der Waals surface area contributed by atoms with Crippen molar-refractivity contribution >= 4 is 11.0 Å². The Morgan fingerprint density at radius 2 is 1.17 bits per heavy atom. The first kappa shape index (κ1) is 41.6. The molecule has 0 aliphatic heterocycles. The third-order valence-electron chi connectivity index (χ3n) is 14.1. The minimum absolute atomic E-state index is 0. The van der Waals surface area contributed by atoms with Crippen molar-refractivity contribution in [1.82, 2.24) is 14.5 Å². The summed E-state index contributed by atoms with van der Waals surface area (Å²) in [6.07, 6.45) is 6.87. The van der Waals surface area contributed by atoms with E-state index in [4.69, 9.17) is 12.7 Å². The normalized spacial score (nSPS) is 15.6. The molecular formula is C64H60N3OPt-. The number of imidazole rings is 1. The number of phenols is 1. The standard InChI is InChI=1S/C64H60N3O.Pt/c1-64(2,3)53-40-51(39-52(41-53)58-42-50(34-35-65-58)47-31-28-45(29-32-47)36-43-16-10-11-17-43)54-24-15-27-60-61(54)66-63(56-26-14-25-55(62(56)68)48-20-6-4-7-21-48)67(60)59-33-30-46(37-44-18-12-13-19-44)38-57(59)49-22-8-5-9-23-49;/h4-9,14-15,20-35,38,40-44,68H,10-13,16-19,36-37H2,1-3H3;/q-1;/i36D2,37D2;. The van der Waals surface area contributed by atoms with Crippen molar-refractivity contribution in [2.45, 2.75) is 90.3 Å². The number of para-hydroxylation sites is 2. The van der Waals surface area contributed by atoms with Crippen LogP contribution < -0.4 is 0 Å². The van der Waals surface area contributed by atoms with Crippen LogP contribution in [0.1, 0.15) is 94.3 Å². The predicted octanol–water partition coefficient (Wildman–Crippen LogP) is 16.7. The fraction of sp³-hybridized carbons (Fsp3) is 0.250. The summed E-state index contributed by atoms with van der Waals surface area (Å²) in [5, 5.41) is 12.4. The van der Waals surface area contributed by atoms with E-state index in [1.54, 1.807) is 0 Å². The van der Waals surface area contributed by atoms with E-state index in [1.807, 2.05) is 121 Å². The van der Waals surface area contributed by atoms with Crippen LogP contribution in [-0.4, -0.2) is 19.6 Å². The SMILES string of the molecule is [2H]C([2H])(c1ccc(-c2ccnc(-c3[c-]c(-c4cccc5c4nc(-c4cccc(-c6ccccc6)c4O)n5-c4ccc(C([2H])([2H])C5CCCC5)cc4-c4ccccc4)cc(C(C)(C)C)c3)c2)cc1)C1CCCC1.[Pt]. The third-order valence-corrected chi connectivity index (χ3v) is 14.1. The largest absolute Gasteiger partial charge is 0.507 e. The minimum atomic E-state index is -1.51. The maximum atomic E-state index is 12.4. The number of rotatable bonds is 11. The van der Waals surface area contributed by atoms with Crippen LogP contribution in [-0.2, 0) is 39.2 Å². The van der Waals surface area contributed by atoms with E-state index in [9.17, 15) is 7.85 Å². The zero-order chi connectivity index (χ0) is 49.8. The van der Waals surface area contributed by atoms with Crippen molar-refractivity contribution in [3.63, 3.8) is 0 Å². The molecule has 1 N–H and O–H groups in total. The molecule has 9 aromatic rings. The molecule has 7 aromatic carbocycles. The van der Waals surface area contributed by atoms with Gasteiger partial charge in [0.2, 0.25) is 0 Å². The van der Waals surface area contributed by atoms with Crippen LogP contribution >= 0.6 is 0 Å². The zero-order valence-electron chi connectivity index (χ0n) is 43.6. The summed E-state index contributed by atoms with van der Waals surface area (Å²) in [5.41, 5.74) is 14.0. The Hall–Kier alpha value is -6.35. The van der Waals surface area contributed by atoms with E-state index in [0.717, 1.165) is 129 Å². The Morgan fingerprint density at radius 3 is 1.86 bits per heavy atom. The molecule has 2 heterocycles. The molecule has 2 aliphatic rings. The fourth-order valence-electron chi connectivity index (χ4n) is 10.4. The molecule has 2 aromatic heterocycles. The first-order valence-corrected chi connectivity index (χ1v) is 24.5. The van der Waals surface area contributed by atoms with Gasteiger partial charge in [0.1, 0.15) is 11.6 Å². The van der Waals surface area contributed by atoms with Crippen molar-refractivity contribution in [1.29, 1.82) is 0 Å². The van der Waals surface area contributed by atoms with Crippen LogP contribution in [0.2, 0.25) is 0 Å². The monoisotopic (exact) mass is 1090 g/mol. The van der Waals surface area contributed by atoms with E-state index in [1.165, 1.54) is 0 Å². The molecule has 0 bridgehead atoms.